The van der Waals surface area contributed by atoms with E-state index in [0.717, 1.165) is 5.75 Å². The Bertz CT molecular complexity index is 293. The molecule has 0 amide bonds. The lowest BCUT2D eigenvalue weighted by Gasteiger charge is -2.09. The quantitative estimate of drug-likeness (QED) is 0.822. The first-order valence-electron chi connectivity index (χ1n) is 5.43. The number of hydrogen-bond acceptors (Lipinski definition) is 3. The van der Waals surface area contributed by atoms with E-state index in [2.05, 4.69) is 5.32 Å². The van der Waals surface area contributed by atoms with E-state index in [1.54, 1.807) is 12.1 Å². The van der Waals surface area contributed by atoms with E-state index < -0.39 is 0 Å². The van der Waals surface area contributed by atoms with Crippen molar-refractivity contribution >= 4 is 11.8 Å². The fraction of sp³-hybridized carbons (Fsp3) is 0.500. The van der Waals surface area contributed by atoms with Crippen molar-refractivity contribution in [2.45, 2.75) is 24.6 Å². The van der Waals surface area contributed by atoms with Gasteiger partial charge in [-0.3, -0.25) is 0 Å². The average molecular weight is 223 g/mol. The maximum atomic E-state index is 9.14. The molecular weight excluding hydrogens is 206 g/mol. The van der Waals surface area contributed by atoms with Crippen LogP contribution in [0.25, 0.3) is 0 Å². The molecule has 1 unspecified atom stereocenters. The molecular formula is C12H17NOS. The van der Waals surface area contributed by atoms with Crippen molar-refractivity contribution < 1.29 is 5.11 Å². The highest BCUT2D eigenvalue weighted by Crippen LogP contribution is 2.18. The molecule has 1 atom stereocenters. The van der Waals surface area contributed by atoms with Crippen LogP contribution in [0.4, 0.5) is 0 Å². The Kier molecular flexibility index (Phi) is 3.92. The third-order valence-electron chi connectivity index (χ3n) is 2.69. The monoisotopic (exact) mass is 223 g/mol. The number of phenols is 1. The molecule has 2 nitrogen and oxygen atoms in total. The molecule has 82 valence electrons. The van der Waals surface area contributed by atoms with Gasteiger partial charge in [0.05, 0.1) is 0 Å². The molecule has 1 aliphatic heterocycles. The SMILES string of the molecule is Oc1ccc(CSCC2CCCN2)cc1. The summed E-state index contributed by atoms with van der Waals surface area (Å²) in [6.45, 7) is 1.18. The van der Waals surface area contributed by atoms with E-state index in [-0.39, 0.29) is 0 Å². The van der Waals surface area contributed by atoms with E-state index in [1.807, 2.05) is 23.9 Å². The lowest BCUT2D eigenvalue weighted by molar-refractivity contribution is 0.475. The van der Waals surface area contributed by atoms with Crippen molar-refractivity contribution in [1.82, 2.24) is 5.32 Å². The summed E-state index contributed by atoms with van der Waals surface area (Å²) < 4.78 is 0. The van der Waals surface area contributed by atoms with Crippen LogP contribution in [0, 0.1) is 0 Å². The molecule has 1 aromatic rings. The Hall–Kier alpha value is -0.670. The summed E-state index contributed by atoms with van der Waals surface area (Å²) in [6.07, 6.45) is 2.65. The Balaban J connectivity index is 1.71. The zero-order valence-corrected chi connectivity index (χ0v) is 9.59. The van der Waals surface area contributed by atoms with Crippen molar-refractivity contribution in [3.05, 3.63) is 29.8 Å². The topological polar surface area (TPSA) is 32.3 Å². The Morgan fingerprint density at radius 3 is 2.80 bits per heavy atom. The number of rotatable bonds is 4. The van der Waals surface area contributed by atoms with Crippen LogP contribution in [-0.2, 0) is 5.75 Å². The molecule has 1 aromatic carbocycles. The first-order valence-corrected chi connectivity index (χ1v) is 6.59. The van der Waals surface area contributed by atoms with E-state index in [1.165, 1.54) is 30.7 Å². The molecule has 15 heavy (non-hydrogen) atoms. The van der Waals surface area contributed by atoms with Crippen LogP contribution in [-0.4, -0.2) is 23.4 Å². The van der Waals surface area contributed by atoms with Crippen molar-refractivity contribution in [2.24, 2.45) is 0 Å². The average Bonchev–Trinajstić information content (AvgIpc) is 2.74. The summed E-state index contributed by atoms with van der Waals surface area (Å²) in [7, 11) is 0. The maximum absolute atomic E-state index is 9.14. The number of nitrogens with one attached hydrogen (secondary N) is 1. The second kappa shape index (κ2) is 5.42. The Labute approximate surface area is 95.1 Å². The van der Waals surface area contributed by atoms with Crippen LogP contribution in [0.15, 0.2) is 24.3 Å². The first-order chi connectivity index (χ1) is 7.34. The molecule has 1 aliphatic rings. The van der Waals surface area contributed by atoms with Gasteiger partial charge in [0.1, 0.15) is 5.75 Å². The van der Waals surface area contributed by atoms with Crippen LogP contribution in [0.3, 0.4) is 0 Å². The molecule has 3 heteroatoms. The second-order valence-corrected chi connectivity index (χ2v) is 5.01. The van der Waals surface area contributed by atoms with Gasteiger partial charge in [-0.15, -0.1) is 0 Å². The third-order valence-corrected chi connectivity index (χ3v) is 3.86. The number of thioether (sulfide) groups is 1. The van der Waals surface area contributed by atoms with Gasteiger partial charge in [-0.25, -0.2) is 0 Å². The molecule has 2 rings (SSSR count). The maximum Gasteiger partial charge on any atom is 0.115 e. The highest BCUT2D eigenvalue weighted by molar-refractivity contribution is 7.98. The molecule has 1 heterocycles. The number of hydrogen-bond donors (Lipinski definition) is 2. The first kappa shape index (κ1) is 10.8. The fourth-order valence-electron chi connectivity index (χ4n) is 1.81. The molecule has 1 fully saturated rings. The molecule has 0 spiro atoms. The largest absolute Gasteiger partial charge is 0.508 e. The third kappa shape index (κ3) is 3.43. The second-order valence-electron chi connectivity index (χ2n) is 3.97. The van der Waals surface area contributed by atoms with Gasteiger partial charge in [0.2, 0.25) is 0 Å². The molecule has 0 saturated carbocycles. The predicted molar refractivity (Wildman–Crippen MR) is 65.3 cm³/mol. The van der Waals surface area contributed by atoms with Gasteiger partial charge in [-0.1, -0.05) is 12.1 Å². The molecule has 1 saturated heterocycles. The fourth-order valence-corrected chi connectivity index (χ4v) is 2.93. The highest BCUT2D eigenvalue weighted by atomic mass is 32.2. The minimum Gasteiger partial charge on any atom is -0.508 e. The summed E-state index contributed by atoms with van der Waals surface area (Å²) in [5.74, 6) is 2.58. The van der Waals surface area contributed by atoms with Crippen molar-refractivity contribution in [1.29, 1.82) is 0 Å². The predicted octanol–water partition coefficient (Wildman–Crippen LogP) is 2.38. The van der Waals surface area contributed by atoms with Crippen molar-refractivity contribution in [3.63, 3.8) is 0 Å². The van der Waals surface area contributed by atoms with Crippen LogP contribution in [0.2, 0.25) is 0 Å². The van der Waals surface area contributed by atoms with Crippen LogP contribution < -0.4 is 5.32 Å². The van der Waals surface area contributed by atoms with E-state index in [0.29, 0.717) is 11.8 Å². The van der Waals surface area contributed by atoms with Crippen LogP contribution in [0.1, 0.15) is 18.4 Å². The molecule has 0 aromatic heterocycles. The highest BCUT2D eigenvalue weighted by Gasteiger charge is 2.13. The van der Waals surface area contributed by atoms with Gasteiger partial charge in [0.15, 0.2) is 0 Å². The van der Waals surface area contributed by atoms with Gasteiger partial charge in [-0.05, 0) is 37.1 Å². The summed E-state index contributed by atoms with van der Waals surface area (Å²) in [5, 5.41) is 12.6. The van der Waals surface area contributed by atoms with Crippen molar-refractivity contribution in [3.8, 4) is 5.75 Å². The minimum absolute atomic E-state index is 0.348. The number of aromatic hydroxyl groups is 1. The van der Waals surface area contributed by atoms with Crippen LogP contribution >= 0.6 is 11.8 Å². The normalized spacial score (nSPS) is 20.7. The minimum atomic E-state index is 0.348. The van der Waals surface area contributed by atoms with E-state index in [9.17, 15) is 0 Å². The Morgan fingerprint density at radius 2 is 2.13 bits per heavy atom. The summed E-state index contributed by atoms with van der Waals surface area (Å²) in [5.41, 5.74) is 1.29. The summed E-state index contributed by atoms with van der Waals surface area (Å²) in [4.78, 5) is 0. The zero-order chi connectivity index (χ0) is 10.5. The standard InChI is InChI=1S/C12H17NOS/c14-12-5-3-10(4-6-12)8-15-9-11-2-1-7-13-11/h3-6,11,13-14H,1-2,7-9H2. The lowest BCUT2D eigenvalue weighted by Crippen LogP contribution is -2.23. The van der Waals surface area contributed by atoms with E-state index >= 15 is 0 Å². The zero-order valence-electron chi connectivity index (χ0n) is 8.78. The Morgan fingerprint density at radius 1 is 1.33 bits per heavy atom. The van der Waals surface area contributed by atoms with Gasteiger partial charge < -0.3 is 10.4 Å². The molecule has 0 aliphatic carbocycles. The molecule has 0 bridgehead atoms. The van der Waals surface area contributed by atoms with Gasteiger partial charge in [0.25, 0.3) is 0 Å². The van der Waals surface area contributed by atoms with Crippen molar-refractivity contribution in [2.75, 3.05) is 12.3 Å². The van der Waals surface area contributed by atoms with Gasteiger partial charge >= 0.3 is 0 Å². The molecule has 0 radical (unpaired) electrons. The van der Waals surface area contributed by atoms with Crippen LogP contribution in [0.5, 0.6) is 5.75 Å². The van der Waals surface area contributed by atoms with E-state index in [4.69, 9.17) is 5.11 Å². The lowest BCUT2D eigenvalue weighted by atomic mass is 10.2. The summed E-state index contributed by atoms with van der Waals surface area (Å²) >= 11 is 1.97. The van der Waals surface area contributed by atoms with Gasteiger partial charge in [0, 0.05) is 17.5 Å². The summed E-state index contributed by atoms with van der Waals surface area (Å²) in [6, 6.07) is 8.20. The smallest absolute Gasteiger partial charge is 0.115 e. The number of benzene rings is 1. The molecule has 2 N–H and O–H groups in total. The number of phenolic OH excluding ortho intramolecular Hbond substituents is 1. The van der Waals surface area contributed by atoms with Gasteiger partial charge in [-0.2, -0.15) is 11.8 Å².